The van der Waals surface area contributed by atoms with Gasteiger partial charge in [-0.3, -0.25) is 9.69 Å². The number of amides is 1. The Labute approximate surface area is 165 Å². The van der Waals surface area contributed by atoms with E-state index in [4.69, 9.17) is 26.8 Å². The normalized spacial score (nSPS) is 22.1. The number of hydrogen-bond donors (Lipinski definition) is 1. The van der Waals surface area contributed by atoms with E-state index in [0.717, 1.165) is 0 Å². The highest BCUT2D eigenvalue weighted by atomic mass is 35.5. The molecule has 0 radical (unpaired) electrons. The Bertz CT molecular complexity index is 911. The number of methoxy groups -OCH3 is 2. The summed E-state index contributed by atoms with van der Waals surface area (Å²) < 4.78 is 9.83. The van der Waals surface area contributed by atoms with Crippen LogP contribution in [-0.4, -0.2) is 42.2 Å². The van der Waals surface area contributed by atoms with Crippen LogP contribution in [0.2, 0.25) is 5.02 Å². The van der Waals surface area contributed by atoms with E-state index in [1.165, 1.54) is 30.9 Å². The lowest BCUT2D eigenvalue weighted by atomic mass is 9.82. The molecule has 1 fully saturated rings. The molecule has 7 nitrogen and oxygen atoms in total. The number of carbonyl (C=O) groups excluding carboxylic acids is 3. The van der Waals surface area contributed by atoms with Crippen molar-refractivity contribution in [2.24, 2.45) is 5.73 Å². The lowest BCUT2D eigenvalue weighted by molar-refractivity contribution is -0.137. The van der Waals surface area contributed by atoms with E-state index in [2.05, 4.69) is 0 Å². The maximum Gasteiger partial charge on any atom is 0.338 e. The Morgan fingerprint density at radius 2 is 1.74 bits per heavy atom. The van der Waals surface area contributed by atoms with Crippen LogP contribution in [0.1, 0.15) is 18.4 Å². The average Bonchev–Trinajstić information content (AvgIpc) is 2.95. The second-order valence-electron chi connectivity index (χ2n) is 5.89. The molecule has 9 heteroatoms. The predicted octanol–water partition coefficient (Wildman–Crippen LogP) is 2.13. The van der Waals surface area contributed by atoms with Crippen molar-refractivity contribution in [3.05, 3.63) is 56.8 Å². The summed E-state index contributed by atoms with van der Waals surface area (Å²) >= 11 is 7.54. The van der Waals surface area contributed by atoms with E-state index in [-0.39, 0.29) is 22.9 Å². The second kappa shape index (κ2) is 7.28. The van der Waals surface area contributed by atoms with Crippen molar-refractivity contribution in [1.82, 2.24) is 4.90 Å². The van der Waals surface area contributed by atoms with E-state index in [1.54, 1.807) is 31.2 Å². The summed E-state index contributed by atoms with van der Waals surface area (Å²) in [5.41, 5.74) is 6.80. The fourth-order valence-corrected chi connectivity index (χ4v) is 4.58. The van der Waals surface area contributed by atoms with Crippen molar-refractivity contribution < 1.29 is 23.9 Å². The molecule has 0 saturated carbocycles. The van der Waals surface area contributed by atoms with Gasteiger partial charge < -0.3 is 15.2 Å². The van der Waals surface area contributed by atoms with Gasteiger partial charge in [-0.1, -0.05) is 41.6 Å². The molecule has 0 bridgehead atoms. The van der Waals surface area contributed by atoms with Gasteiger partial charge in [0.2, 0.25) is 5.91 Å². The zero-order valence-corrected chi connectivity index (χ0v) is 16.4. The summed E-state index contributed by atoms with van der Waals surface area (Å²) in [6, 6.07) is 6.79. The fraction of sp³-hybridized carbons (Fsp3) is 0.278. The number of thioether (sulfide) groups is 1. The van der Waals surface area contributed by atoms with Crippen molar-refractivity contribution in [3.63, 3.8) is 0 Å². The number of hydrogen-bond acceptors (Lipinski definition) is 7. The second-order valence-corrected chi connectivity index (χ2v) is 7.63. The van der Waals surface area contributed by atoms with Crippen LogP contribution in [0.4, 0.5) is 0 Å². The smallest absolute Gasteiger partial charge is 0.338 e. The molecule has 1 aromatic rings. The summed E-state index contributed by atoms with van der Waals surface area (Å²) in [4.78, 5) is 39.1. The first-order valence-electron chi connectivity index (χ1n) is 7.98. The molecule has 0 aliphatic carbocycles. The molecular formula is C18H17ClN2O5S. The SMILES string of the molecule is COC(=O)C1=C(N)N2C(=O)[C@@H](C)SC2=C(C(=O)OC)[C@@H]1c1ccccc1Cl. The topological polar surface area (TPSA) is 98.9 Å². The Morgan fingerprint density at radius 1 is 1.15 bits per heavy atom. The number of nitrogens with zero attached hydrogens (tertiary/aromatic N) is 1. The van der Waals surface area contributed by atoms with Crippen LogP contribution in [0.3, 0.4) is 0 Å². The molecule has 2 aliphatic rings. The number of ether oxygens (including phenoxy) is 2. The Balaban J connectivity index is 2.36. The van der Waals surface area contributed by atoms with Gasteiger partial charge in [-0.05, 0) is 18.6 Å². The number of nitrogens with two attached hydrogens (primary N) is 1. The highest BCUT2D eigenvalue weighted by Crippen LogP contribution is 2.50. The number of esters is 2. The minimum atomic E-state index is -0.921. The first-order valence-corrected chi connectivity index (χ1v) is 9.24. The quantitative estimate of drug-likeness (QED) is 0.765. The van der Waals surface area contributed by atoms with E-state index >= 15 is 0 Å². The molecule has 0 aromatic heterocycles. The van der Waals surface area contributed by atoms with E-state index < -0.39 is 23.1 Å². The van der Waals surface area contributed by atoms with Gasteiger partial charge in [0.1, 0.15) is 5.82 Å². The highest BCUT2D eigenvalue weighted by Gasteiger charge is 2.49. The third kappa shape index (κ3) is 2.98. The monoisotopic (exact) mass is 408 g/mol. The van der Waals surface area contributed by atoms with Crippen LogP contribution in [0.25, 0.3) is 0 Å². The molecule has 1 amide bonds. The molecule has 1 aromatic carbocycles. The van der Waals surface area contributed by atoms with Gasteiger partial charge in [0.15, 0.2) is 0 Å². The number of benzene rings is 1. The molecule has 0 unspecified atom stereocenters. The van der Waals surface area contributed by atoms with Crippen molar-refractivity contribution in [2.75, 3.05) is 14.2 Å². The first kappa shape index (κ1) is 19.3. The third-order valence-electron chi connectivity index (χ3n) is 4.41. The molecule has 142 valence electrons. The molecule has 2 aliphatic heterocycles. The standard InChI is InChI=1S/C18H17ClN2O5S/c1-8-15(22)21-14(20)12(17(23)25-2)11(9-6-4-5-7-10(9)19)13(16(21)27-8)18(24)26-3/h4-8,11H,20H2,1-3H3/t8-,11-/m1/s1. The van der Waals surface area contributed by atoms with Gasteiger partial charge in [0.05, 0.1) is 41.6 Å². The Hall–Kier alpha value is -2.45. The summed E-state index contributed by atoms with van der Waals surface area (Å²) in [6.07, 6.45) is 0. The lowest BCUT2D eigenvalue weighted by Crippen LogP contribution is -2.40. The zero-order chi connectivity index (χ0) is 19.9. The van der Waals surface area contributed by atoms with Gasteiger partial charge in [0, 0.05) is 5.02 Å². The summed E-state index contributed by atoms with van der Waals surface area (Å²) in [7, 11) is 2.43. The number of fused-ring (bicyclic) bond motifs is 1. The number of halogens is 1. The van der Waals surface area contributed by atoms with Crippen LogP contribution in [0, 0.1) is 0 Å². The van der Waals surface area contributed by atoms with Gasteiger partial charge in [-0.15, -0.1) is 0 Å². The van der Waals surface area contributed by atoms with E-state index in [1.807, 2.05) is 0 Å². The number of carbonyl (C=O) groups is 3. The molecule has 0 spiro atoms. The van der Waals surface area contributed by atoms with Crippen LogP contribution in [0.15, 0.2) is 46.3 Å². The summed E-state index contributed by atoms with van der Waals surface area (Å²) in [5.74, 6) is -2.75. The largest absolute Gasteiger partial charge is 0.466 e. The Kier molecular flexibility index (Phi) is 5.21. The average molecular weight is 409 g/mol. The molecule has 2 heterocycles. The lowest BCUT2D eigenvalue weighted by Gasteiger charge is -2.33. The van der Waals surface area contributed by atoms with E-state index in [9.17, 15) is 14.4 Å². The van der Waals surface area contributed by atoms with Crippen molar-refractivity contribution >= 4 is 41.2 Å². The summed E-state index contributed by atoms with van der Waals surface area (Å²) in [5, 5.41) is 0.214. The van der Waals surface area contributed by atoms with Crippen LogP contribution in [-0.2, 0) is 23.9 Å². The third-order valence-corrected chi connectivity index (χ3v) is 5.94. The minimum Gasteiger partial charge on any atom is -0.466 e. The van der Waals surface area contributed by atoms with Gasteiger partial charge in [-0.25, -0.2) is 9.59 Å². The summed E-state index contributed by atoms with van der Waals surface area (Å²) in [6.45, 7) is 1.70. The van der Waals surface area contributed by atoms with Crippen molar-refractivity contribution in [3.8, 4) is 0 Å². The highest BCUT2D eigenvalue weighted by molar-refractivity contribution is 8.04. The molecule has 27 heavy (non-hydrogen) atoms. The minimum absolute atomic E-state index is 0.0298. The fourth-order valence-electron chi connectivity index (χ4n) is 3.17. The molecular weight excluding hydrogens is 392 g/mol. The molecule has 3 rings (SSSR count). The number of rotatable bonds is 3. The molecule has 1 saturated heterocycles. The first-order chi connectivity index (χ1) is 12.8. The van der Waals surface area contributed by atoms with Gasteiger partial charge >= 0.3 is 11.9 Å². The van der Waals surface area contributed by atoms with E-state index in [0.29, 0.717) is 15.6 Å². The van der Waals surface area contributed by atoms with Gasteiger partial charge in [-0.2, -0.15) is 0 Å². The predicted molar refractivity (Wildman–Crippen MR) is 100 cm³/mol. The molecule has 2 N–H and O–H groups in total. The van der Waals surface area contributed by atoms with Crippen LogP contribution < -0.4 is 5.73 Å². The Morgan fingerprint density at radius 3 is 2.33 bits per heavy atom. The van der Waals surface area contributed by atoms with Crippen LogP contribution in [0.5, 0.6) is 0 Å². The molecule has 2 atom stereocenters. The maximum atomic E-state index is 12.7. The maximum absolute atomic E-state index is 12.7. The van der Waals surface area contributed by atoms with Gasteiger partial charge in [0.25, 0.3) is 0 Å². The van der Waals surface area contributed by atoms with Crippen molar-refractivity contribution in [1.29, 1.82) is 0 Å². The van der Waals surface area contributed by atoms with Crippen molar-refractivity contribution in [2.45, 2.75) is 18.1 Å². The van der Waals surface area contributed by atoms with Crippen LogP contribution >= 0.6 is 23.4 Å². The zero-order valence-electron chi connectivity index (χ0n) is 14.8.